The molecule has 2 atom stereocenters. The number of nitro groups is 1. The van der Waals surface area contributed by atoms with Crippen molar-refractivity contribution in [3.63, 3.8) is 0 Å². The summed E-state index contributed by atoms with van der Waals surface area (Å²) in [6, 6.07) is 22.2. The largest absolute Gasteiger partial charge is 0.478 e. The first-order valence-corrected chi connectivity index (χ1v) is 9.98. The number of rotatable bonds is 10. The third-order valence-electron chi connectivity index (χ3n) is 5.10. The van der Waals surface area contributed by atoms with Gasteiger partial charge in [-0.1, -0.05) is 42.5 Å². The van der Waals surface area contributed by atoms with E-state index in [1.54, 1.807) is 24.3 Å². The lowest BCUT2D eigenvalue weighted by molar-refractivity contribution is -0.384. The van der Waals surface area contributed by atoms with Gasteiger partial charge in [0.2, 0.25) is 0 Å². The quantitative estimate of drug-likeness (QED) is 0.320. The fraction of sp³-hybridized carbons (Fsp3) is 0.208. The number of hydrogen-bond donors (Lipinski definition) is 3. The third-order valence-corrected chi connectivity index (χ3v) is 5.10. The molecule has 0 radical (unpaired) electrons. The lowest BCUT2D eigenvalue weighted by atomic mass is 9.96. The standard InChI is InChI=1S/C24H24N2O5/c27-22(15-6-17-4-2-1-3-5-17)16-23(18-9-13-21(14-10-18)26(30)31)25-20-11-7-19(8-12-20)24(28)29/h1-5,7-14,22-23,25,27H,6,15-16H2,(H,28,29). The SMILES string of the molecule is O=C(O)c1ccc(NC(CC(O)CCc2ccccc2)c2ccc([N+](=O)[O-])cc2)cc1. The number of aliphatic hydroxyl groups excluding tert-OH is 1. The van der Waals surface area contributed by atoms with Crippen molar-refractivity contribution in [1.29, 1.82) is 0 Å². The molecule has 7 nitrogen and oxygen atoms in total. The van der Waals surface area contributed by atoms with Crippen LogP contribution in [0, 0.1) is 10.1 Å². The fourth-order valence-corrected chi connectivity index (χ4v) is 3.38. The maximum Gasteiger partial charge on any atom is 0.335 e. The topological polar surface area (TPSA) is 113 Å². The Balaban J connectivity index is 1.74. The maximum atomic E-state index is 11.1. The van der Waals surface area contributed by atoms with E-state index in [9.17, 15) is 20.0 Å². The average Bonchev–Trinajstić information content (AvgIpc) is 2.78. The average molecular weight is 420 g/mol. The molecule has 3 rings (SSSR count). The van der Waals surface area contributed by atoms with Crippen LogP contribution >= 0.6 is 0 Å². The first-order chi connectivity index (χ1) is 14.9. The Hall–Kier alpha value is -3.71. The van der Waals surface area contributed by atoms with Gasteiger partial charge in [-0.3, -0.25) is 10.1 Å². The van der Waals surface area contributed by atoms with Gasteiger partial charge in [-0.05, 0) is 54.7 Å². The summed E-state index contributed by atoms with van der Waals surface area (Å²) >= 11 is 0. The molecule has 0 aliphatic carbocycles. The Morgan fingerprint density at radius 1 is 0.968 bits per heavy atom. The fourth-order valence-electron chi connectivity index (χ4n) is 3.38. The number of aryl methyl sites for hydroxylation is 1. The van der Waals surface area contributed by atoms with Crippen LogP contribution in [0.15, 0.2) is 78.9 Å². The van der Waals surface area contributed by atoms with Gasteiger partial charge in [0.1, 0.15) is 0 Å². The van der Waals surface area contributed by atoms with E-state index in [1.807, 2.05) is 30.3 Å². The number of nitro benzene ring substituents is 1. The Morgan fingerprint density at radius 2 is 1.61 bits per heavy atom. The minimum Gasteiger partial charge on any atom is -0.478 e. The van der Waals surface area contributed by atoms with Gasteiger partial charge in [0, 0.05) is 17.8 Å². The van der Waals surface area contributed by atoms with Crippen LogP contribution in [0.2, 0.25) is 0 Å². The molecule has 0 saturated carbocycles. The van der Waals surface area contributed by atoms with E-state index >= 15 is 0 Å². The highest BCUT2D eigenvalue weighted by atomic mass is 16.6. The van der Waals surface area contributed by atoms with Gasteiger partial charge in [0.25, 0.3) is 5.69 Å². The van der Waals surface area contributed by atoms with Gasteiger partial charge in [-0.2, -0.15) is 0 Å². The van der Waals surface area contributed by atoms with Gasteiger partial charge in [0.15, 0.2) is 0 Å². The molecule has 0 aliphatic heterocycles. The Kier molecular flexibility index (Phi) is 7.35. The van der Waals surface area contributed by atoms with Crippen LogP contribution in [0.4, 0.5) is 11.4 Å². The van der Waals surface area contributed by atoms with Crippen molar-refractivity contribution in [2.75, 3.05) is 5.32 Å². The second-order valence-electron chi connectivity index (χ2n) is 7.34. The van der Waals surface area contributed by atoms with E-state index in [1.165, 1.54) is 24.3 Å². The molecule has 0 aliphatic rings. The lowest BCUT2D eigenvalue weighted by Crippen LogP contribution is -2.19. The van der Waals surface area contributed by atoms with E-state index in [4.69, 9.17) is 5.11 Å². The number of aromatic carboxylic acids is 1. The summed E-state index contributed by atoms with van der Waals surface area (Å²) in [7, 11) is 0. The number of anilines is 1. The summed E-state index contributed by atoms with van der Waals surface area (Å²) in [5.41, 5.74) is 2.82. The van der Waals surface area contributed by atoms with Crippen molar-refractivity contribution in [3.8, 4) is 0 Å². The predicted molar refractivity (Wildman–Crippen MR) is 118 cm³/mol. The van der Waals surface area contributed by atoms with Crippen LogP contribution in [0.1, 0.15) is 40.4 Å². The number of hydrogen-bond acceptors (Lipinski definition) is 5. The van der Waals surface area contributed by atoms with Gasteiger partial charge in [-0.15, -0.1) is 0 Å². The molecule has 0 spiro atoms. The highest BCUT2D eigenvalue weighted by molar-refractivity contribution is 5.88. The van der Waals surface area contributed by atoms with Crippen LogP contribution in [0.25, 0.3) is 0 Å². The van der Waals surface area contributed by atoms with Crippen molar-refractivity contribution in [2.45, 2.75) is 31.4 Å². The molecule has 160 valence electrons. The van der Waals surface area contributed by atoms with Crippen LogP contribution in [0.3, 0.4) is 0 Å². The second-order valence-corrected chi connectivity index (χ2v) is 7.34. The smallest absolute Gasteiger partial charge is 0.335 e. The molecule has 0 heterocycles. The van der Waals surface area contributed by atoms with Crippen molar-refractivity contribution in [3.05, 3.63) is 106 Å². The zero-order chi connectivity index (χ0) is 22.2. The number of carbonyl (C=O) groups is 1. The Bertz CT molecular complexity index is 1000. The van der Waals surface area contributed by atoms with Crippen LogP contribution in [-0.4, -0.2) is 27.2 Å². The molecule has 0 amide bonds. The number of aliphatic hydroxyl groups is 1. The zero-order valence-corrected chi connectivity index (χ0v) is 16.8. The molecule has 31 heavy (non-hydrogen) atoms. The molecular formula is C24H24N2O5. The van der Waals surface area contributed by atoms with Gasteiger partial charge >= 0.3 is 5.97 Å². The molecule has 2 unspecified atom stereocenters. The Labute approximate surface area is 180 Å². The molecule has 0 fully saturated rings. The van der Waals surface area contributed by atoms with Crippen molar-refractivity contribution >= 4 is 17.3 Å². The van der Waals surface area contributed by atoms with E-state index in [0.29, 0.717) is 18.5 Å². The molecular weight excluding hydrogens is 396 g/mol. The van der Waals surface area contributed by atoms with E-state index in [-0.39, 0.29) is 17.3 Å². The molecule has 3 N–H and O–H groups in total. The minimum atomic E-state index is -1.00. The highest BCUT2D eigenvalue weighted by Crippen LogP contribution is 2.27. The number of carboxylic acid groups (broad SMARTS) is 1. The van der Waals surface area contributed by atoms with Crippen LogP contribution in [0.5, 0.6) is 0 Å². The van der Waals surface area contributed by atoms with Gasteiger partial charge in [0.05, 0.1) is 22.6 Å². The maximum absolute atomic E-state index is 11.1. The van der Waals surface area contributed by atoms with Crippen molar-refractivity contribution in [2.24, 2.45) is 0 Å². The molecule has 0 bridgehead atoms. The first kappa shape index (κ1) is 22.0. The van der Waals surface area contributed by atoms with E-state index < -0.39 is 17.0 Å². The summed E-state index contributed by atoms with van der Waals surface area (Å²) in [4.78, 5) is 21.6. The van der Waals surface area contributed by atoms with Crippen molar-refractivity contribution in [1.82, 2.24) is 0 Å². The summed E-state index contributed by atoms with van der Waals surface area (Å²) in [5.74, 6) is -1.00. The number of carboxylic acids is 1. The highest BCUT2D eigenvalue weighted by Gasteiger charge is 2.18. The normalized spacial score (nSPS) is 12.7. The monoisotopic (exact) mass is 420 g/mol. The molecule has 0 saturated heterocycles. The summed E-state index contributed by atoms with van der Waals surface area (Å²) in [6.07, 6.45) is 1.12. The number of non-ortho nitro benzene ring substituents is 1. The zero-order valence-electron chi connectivity index (χ0n) is 16.8. The molecule has 0 aromatic heterocycles. The van der Waals surface area contributed by atoms with Crippen LogP contribution in [-0.2, 0) is 6.42 Å². The summed E-state index contributed by atoms with van der Waals surface area (Å²) in [5, 5.41) is 34.0. The first-order valence-electron chi connectivity index (χ1n) is 9.98. The van der Waals surface area contributed by atoms with Gasteiger partial charge < -0.3 is 15.5 Å². The second kappa shape index (κ2) is 10.4. The van der Waals surface area contributed by atoms with E-state index in [2.05, 4.69) is 5.32 Å². The van der Waals surface area contributed by atoms with Crippen LogP contribution < -0.4 is 5.32 Å². The number of benzene rings is 3. The molecule has 3 aromatic carbocycles. The molecule has 3 aromatic rings. The van der Waals surface area contributed by atoms with E-state index in [0.717, 1.165) is 17.5 Å². The van der Waals surface area contributed by atoms with Crippen molar-refractivity contribution < 1.29 is 19.9 Å². The molecule has 7 heteroatoms. The Morgan fingerprint density at radius 3 is 2.19 bits per heavy atom. The minimum absolute atomic E-state index is 0.00191. The van der Waals surface area contributed by atoms with Gasteiger partial charge in [-0.25, -0.2) is 4.79 Å². The third kappa shape index (κ3) is 6.38. The summed E-state index contributed by atoms with van der Waals surface area (Å²) < 4.78 is 0. The summed E-state index contributed by atoms with van der Waals surface area (Å²) in [6.45, 7) is 0. The number of nitrogens with one attached hydrogen (secondary N) is 1. The predicted octanol–water partition coefficient (Wildman–Crippen LogP) is 4.83. The number of nitrogens with zero attached hydrogens (tertiary/aromatic N) is 1. The lowest BCUT2D eigenvalue weighted by Gasteiger charge is -2.23.